The highest BCUT2D eigenvalue weighted by molar-refractivity contribution is 5.85. The van der Waals surface area contributed by atoms with Crippen LogP contribution in [0.1, 0.15) is 19.4 Å². The Morgan fingerprint density at radius 3 is 2.41 bits per heavy atom. The summed E-state index contributed by atoms with van der Waals surface area (Å²) in [6, 6.07) is 7.52. The largest absolute Gasteiger partial charge is 0.507 e. The Morgan fingerprint density at radius 1 is 1.35 bits per heavy atom. The average molecular weight is 256 g/mol. The van der Waals surface area contributed by atoms with Gasteiger partial charge in [-0.15, -0.1) is 12.4 Å². The molecule has 1 unspecified atom stereocenters. The summed E-state index contributed by atoms with van der Waals surface area (Å²) in [6.07, 6.45) is 2.09. The van der Waals surface area contributed by atoms with E-state index in [4.69, 9.17) is 0 Å². The minimum atomic E-state index is 0. The van der Waals surface area contributed by atoms with Crippen molar-refractivity contribution >= 4 is 18.0 Å². The Hall–Kier alpha value is -0.990. The van der Waals surface area contributed by atoms with Crippen LogP contribution in [0.2, 0.25) is 0 Å². The average Bonchev–Trinajstić information content (AvgIpc) is 2.20. The van der Waals surface area contributed by atoms with Gasteiger partial charge in [0.25, 0.3) is 0 Å². The molecule has 0 heterocycles. The molecule has 3 heteroatoms. The van der Waals surface area contributed by atoms with Crippen LogP contribution >= 0.6 is 12.4 Å². The molecule has 17 heavy (non-hydrogen) atoms. The van der Waals surface area contributed by atoms with E-state index >= 15 is 0 Å². The predicted octanol–water partition coefficient (Wildman–Crippen LogP) is 3.42. The molecule has 0 fully saturated rings. The Balaban J connectivity index is 0.00000256. The molecule has 1 N–H and O–H groups in total. The third kappa shape index (κ3) is 4.41. The number of phenolic OH excluding ortho intramolecular Hbond substituents is 1. The summed E-state index contributed by atoms with van der Waals surface area (Å²) >= 11 is 0. The van der Waals surface area contributed by atoms with Gasteiger partial charge in [0, 0.05) is 12.1 Å². The summed E-state index contributed by atoms with van der Waals surface area (Å²) < 4.78 is 0. The maximum absolute atomic E-state index is 9.84. The number of phenols is 1. The second-order valence-electron chi connectivity index (χ2n) is 4.42. The molecule has 0 aliphatic rings. The summed E-state index contributed by atoms with van der Waals surface area (Å²) in [5.41, 5.74) is 2.14. The van der Waals surface area contributed by atoms with Crippen molar-refractivity contribution in [3.8, 4) is 5.75 Å². The van der Waals surface area contributed by atoms with E-state index in [2.05, 4.69) is 32.0 Å². The molecular weight excluding hydrogens is 234 g/mol. The Kier molecular flexibility index (Phi) is 6.93. The number of nitrogens with zero attached hydrogens (tertiary/aromatic N) is 1. The second-order valence-corrected chi connectivity index (χ2v) is 4.42. The number of hydrogen-bond acceptors (Lipinski definition) is 2. The molecule has 0 amide bonds. The molecule has 0 aliphatic heterocycles. The fourth-order valence-electron chi connectivity index (χ4n) is 2.07. The topological polar surface area (TPSA) is 23.5 Å². The molecule has 1 aromatic rings. The van der Waals surface area contributed by atoms with Gasteiger partial charge in [0.15, 0.2) is 0 Å². The fraction of sp³-hybridized carbons (Fsp3) is 0.429. The van der Waals surface area contributed by atoms with Crippen LogP contribution in [-0.2, 0) is 0 Å². The molecule has 1 atom stereocenters. The summed E-state index contributed by atoms with van der Waals surface area (Å²) in [5.74, 6) is 0.773. The zero-order valence-electron chi connectivity index (χ0n) is 11.0. The SMILES string of the molecule is CC=C(c1ccccc1O)C(C)CN(C)C.Cl. The van der Waals surface area contributed by atoms with Crippen molar-refractivity contribution in [3.63, 3.8) is 0 Å². The number of hydrogen-bond donors (Lipinski definition) is 1. The Bertz CT molecular complexity index is 374. The van der Waals surface area contributed by atoms with Crippen LogP contribution in [0.5, 0.6) is 5.75 Å². The molecule has 0 bridgehead atoms. The van der Waals surface area contributed by atoms with Gasteiger partial charge in [-0.05, 0) is 38.6 Å². The van der Waals surface area contributed by atoms with Gasteiger partial charge >= 0.3 is 0 Å². The lowest BCUT2D eigenvalue weighted by molar-refractivity contribution is 0.375. The molecule has 96 valence electrons. The van der Waals surface area contributed by atoms with E-state index in [1.807, 2.05) is 25.1 Å². The summed E-state index contributed by atoms with van der Waals surface area (Å²) in [5, 5.41) is 9.84. The van der Waals surface area contributed by atoms with Gasteiger partial charge in [-0.2, -0.15) is 0 Å². The van der Waals surface area contributed by atoms with Gasteiger partial charge in [-0.25, -0.2) is 0 Å². The van der Waals surface area contributed by atoms with Crippen LogP contribution in [-0.4, -0.2) is 30.6 Å². The van der Waals surface area contributed by atoms with Crippen LogP contribution < -0.4 is 0 Å². The van der Waals surface area contributed by atoms with Crippen LogP contribution in [0, 0.1) is 5.92 Å². The number of halogens is 1. The fourth-order valence-corrected chi connectivity index (χ4v) is 2.07. The molecule has 0 aromatic heterocycles. The predicted molar refractivity (Wildman–Crippen MR) is 76.7 cm³/mol. The lowest BCUT2D eigenvalue weighted by atomic mass is 9.92. The molecule has 0 saturated heterocycles. The molecule has 0 saturated carbocycles. The van der Waals surface area contributed by atoms with Gasteiger partial charge in [0.2, 0.25) is 0 Å². The van der Waals surface area contributed by atoms with E-state index in [-0.39, 0.29) is 12.4 Å². The van der Waals surface area contributed by atoms with Gasteiger partial charge in [-0.1, -0.05) is 31.2 Å². The van der Waals surface area contributed by atoms with Crippen molar-refractivity contribution in [2.45, 2.75) is 13.8 Å². The lowest BCUT2D eigenvalue weighted by Gasteiger charge is -2.20. The van der Waals surface area contributed by atoms with Crippen molar-refractivity contribution < 1.29 is 5.11 Å². The smallest absolute Gasteiger partial charge is 0.123 e. The highest BCUT2D eigenvalue weighted by Crippen LogP contribution is 2.30. The van der Waals surface area contributed by atoms with Crippen molar-refractivity contribution in [1.29, 1.82) is 0 Å². The van der Waals surface area contributed by atoms with Crippen LogP contribution in [0.4, 0.5) is 0 Å². The zero-order valence-corrected chi connectivity index (χ0v) is 11.8. The van der Waals surface area contributed by atoms with E-state index in [0.29, 0.717) is 11.7 Å². The minimum Gasteiger partial charge on any atom is -0.507 e. The monoisotopic (exact) mass is 255 g/mol. The lowest BCUT2D eigenvalue weighted by Crippen LogP contribution is -2.20. The van der Waals surface area contributed by atoms with Crippen molar-refractivity contribution in [2.24, 2.45) is 5.92 Å². The first kappa shape index (κ1) is 16.0. The minimum absolute atomic E-state index is 0. The first-order valence-electron chi connectivity index (χ1n) is 5.65. The van der Waals surface area contributed by atoms with Crippen molar-refractivity contribution in [3.05, 3.63) is 35.9 Å². The van der Waals surface area contributed by atoms with Crippen LogP contribution in [0.25, 0.3) is 5.57 Å². The molecule has 1 rings (SSSR count). The van der Waals surface area contributed by atoms with E-state index in [9.17, 15) is 5.11 Å². The maximum Gasteiger partial charge on any atom is 0.123 e. The molecule has 1 aromatic carbocycles. The van der Waals surface area contributed by atoms with Gasteiger partial charge in [0.1, 0.15) is 5.75 Å². The van der Waals surface area contributed by atoms with E-state index < -0.39 is 0 Å². The highest BCUT2D eigenvalue weighted by Gasteiger charge is 2.13. The number of allylic oxidation sites excluding steroid dienone is 1. The van der Waals surface area contributed by atoms with Crippen LogP contribution in [0.15, 0.2) is 30.3 Å². The van der Waals surface area contributed by atoms with Gasteiger partial charge in [-0.3, -0.25) is 0 Å². The summed E-state index contributed by atoms with van der Waals surface area (Å²) in [6.45, 7) is 5.18. The Morgan fingerprint density at radius 2 is 1.94 bits per heavy atom. The third-order valence-corrected chi connectivity index (χ3v) is 2.70. The third-order valence-electron chi connectivity index (χ3n) is 2.70. The molecule has 0 radical (unpaired) electrons. The van der Waals surface area contributed by atoms with E-state index in [1.165, 1.54) is 5.57 Å². The first-order valence-corrected chi connectivity index (χ1v) is 5.65. The van der Waals surface area contributed by atoms with E-state index in [1.54, 1.807) is 6.07 Å². The quantitative estimate of drug-likeness (QED) is 0.891. The molecule has 2 nitrogen and oxygen atoms in total. The van der Waals surface area contributed by atoms with Gasteiger partial charge < -0.3 is 10.0 Å². The zero-order chi connectivity index (χ0) is 12.1. The summed E-state index contributed by atoms with van der Waals surface area (Å²) in [4.78, 5) is 2.16. The number of para-hydroxylation sites is 1. The van der Waals surface area contributed by atoms with Crippen molar-refractivity contribution in [2.75, 3.05) is 20.6 Å². The summed E-state index contributed by atoms with van der Waals surface area (Å²) in [7, 11) is 4.13. The molecule has 0 spiro atoms. The maximum atomic E-state index is 9.84. The number of rotatable bonds is 4. The normalized spacial score (nSPS) is 13.4. The second kappa shape index (κ2) is 7.36. The standard InChI is InChI=1S/C14H21NO.ClH/c1-5-12(11(2)10-15(3)4)13-8-6-7-9-14(13)16;/h5-9,11,16H,10H2,1-4H3;1H. The van der Waals surface area contributed by atoms with E-state index in [0.717, 1.165) is 12.1 Å². The Labute approximate surface area is 110 Å². The first-order chi connectivity index (χ1) is 7.56. The van der Waals surface area contributed by atoms with Crippen molar-refractivity contribution in [1.82, 2.24) is 4.90 Å². The highest BCUT2D eigenvalue weighted by atomic mass is 35.5. The van der Waals surface area contributed by atoms with Crippen LogP contribution in [0.3, 0.4) is 0 Å². The van der Waals surface area contributed by atoms with Gasteiger partial charge in [0.05, 0.1) is 0 Å². The molecule has 0 aliphatic carbocycles. The number of aromatic hydroxyl groups is 1. The molecular formula is C14H22ClNO. The number of benzene rings is 1.